The Bertz CT molecular complexity index is 593. The first-order valence-electron chi connectivity index (χ1n) is 8.98. The number of halogens is 1. The largest absolute Gasteiger partial charge is 0.313 e. The van der Waals surface area contributed by atoms with Crippen molar-refractivity contribution in [3.05, 3.63) is 0 Å². The van der Waals surface area contributed by atoms with E-state index in [4.69, 9.17) is 10.3 Å². The van der Waals surface area contributed by atoms with E-state index in [1.165, 1.54) is 6.42 Å². The van der Waals surface area contributed by atoms with E-state index in [-0.39, 0.29) is 36.0 Å². The van der Waals surface area contributed by atoms with Gasteiger partial charge in [-0.2, -0.15) is 0 Å². The predicted molar refractivity (Wildman–Crippen MR) is 108 cm³/mol. The number of nitrogens with one attached hydrogen (secondary N) is 1. The first-order valence-corrected chi connectivity index (χ1v) is 12.4. The second kappa shape index (κ2) is 11.8. The zero-order valence-electron chi connectivity index (χ0n) is 15.8. The molecule has 0 radical (unpaired) electrons. The second-order valence-corrected chi connectivity index (χ2v) is 10.6. The Morgan fingerprint density at radius 2 is 1.54 bits per heavy atom. The van der Waals surface area contributed by atoms with E-state index in [1.54, 1.807) is 0 Å². The lowest BCUT2D eigenvalue weighted by molar-refractivity contribution is 0.125. The van der Waals surface area contributed by atoms with Crippen LogP contribution in [0, 0.1) is 0 Å². The molecular formula is C15H35ClN4O4S2. The van der Waals surface area contributed by atoms with Crippen molar-refractivity contribution in [3.63, 3.8) is 0 Å². The average molecular weight is 435 g/mol. The van der Waals surface area contributed by atoms with Gasteiger partial charge in [0.05, 0.1) is 11.5 Å². The normalized spacial score (nSPS) is 25.1. The van der Waals surface area contributed by atoms with Crippen LogP contribution >= 0.6 is 12.4 Å². The van der Waals surface area contributed by atoms with Gasteiger partial charge in [0.2, 0.25) is 20.0 Å². The third-order valence-electron chi connectivity index (χ3n) is 4.61. The average Bonchev–Trinajstić information content (AvgIpc) is 2.46. The van der Waals surface area contributed by atoms with Gasteiger partial charge >= 0.3 is 0 Å². The number of sulfonamides is 2. The molecular weight excluding hydrogens is 400 g/mol. The molecule has 2 unspecified atom stereocenters. The standard InChI is InChI=1S/C9H20N2O2S.C6H14N2O2S.ClH/c1-8(2)11-6-4-3-5-9(11)7-14(10,12)13;7-11(9,10)5-6-3-1-2-4-8-6;/h8-9H,3-7H2,1-2H3,(H2,10,12,13);6,8H,1-5H2,(H2,7,9,10);1H. The van der Waals surface area contributed by atoms with Crippen molar-refractivity contribution in [2.24, 2.45) is 10.3 Å². The first kappa shape index (κ1) is 26.0. The van der Waals surface area contributed by atoms with Gasteiger partial charge in [0.15, 0.2) is 0 Å². The molecule has 2 aliphatic heterocycles. The highest BCUT2D eigenvalue weighted by molar-refractivity contribution is 7.89. The molecule has 2 saturated heterocycles. The molecule has 5 N–H and O–H groups in total. The fraction of sp³-hybridized carbons (Fsp3) is 1.00. The number of piperidine rings is 2. The summed E-state index contributed by atoms with van der Waals surface area (Å²) in [5, 5.41) is 13.1. The SMILES string of the molecule is CC(C)N1CCCCC1CS(N)(=O)=O.Cl.NS(=O)(=O)CC1CCCCN1. The van der Waals surface area contributed by atoms with Gasteiger partial charge < -0.3 is 5.32 Å². The number of hydrogen-bond donors (Lipinski definition) is 3. The lowest BCUT2D eigenvalue weighted by atomic mass is 10.0. The van der Waals surface area contributed by atoms with Crippen LogP contribution in [0.15, 0.2) is 0 Å². The monoisotopic (exact) mass is 434 g/mol. The Morgan fingerprint density at radius 1 is 0.962 bits per heavy atom. The van der Waals surface area contributed by atoms with Crippen LogP contribution in [-0.4, -0.2) is 64.5 Å². The van der Waals surface area contributed by atoms with Gasteiger partial charge in [-0.25, -0.2) is 27.1 Å². The van der Waals surface area contributed by atoms with Crippen molar-refractivity contribution < 1.29 is 16.8 Å². The van der Waals surface area contributed by atoms with Gasteiger partial charge in [-0.3, -0.25) is 4.90 Å². The predicted octanol–water partition coefficient (Wildman–Crippen LogP) is 0.377. The minimum Gasteiger partial charge on any atom is -0.313 e. The summed E-state index contributed by atoms with van der Waals surface area (Å²) in [5.41, 5.74) is 0. The molecule has 0 aromatic heterocycles. The topological polar surface area (TPSA) is 136 Å². The van der Waals surface area contributed by atoms with Crippen LogP contribution in [0.5, 0.6) is 0 Å². The molecule has 0 bridgehead atoms. The molecule has 2 heterocycles. The Kier molecular flexibility index (Phi) is 11.8. The van der Waals surface area contributed by atoms with E-state index in [0.717, 1.165) is 45.2 Å². The summed E-state index contributed by atoms with van der Waals surface area (Å²) in [6, 6.07) is 0.611. The van der Waals surface area contributed by atoms with Crippen molar-refractivity contribution in [1.82, 2.24) is 10.2 Å². The van der Waals surface area contributed by atoms with Crippen molar-refractivity contribution in [3.8, 4) is 0 Å². The van der Waals surface area contributed by atoms with E-state index in [0.29, 0.717) is 6.04 Å². The molecule has 0 spiro atoms. The van der Waals surface area contributed by atoms with Crippen LogP contribution in [-0.2, 0) is 20.0 Å². The van der Waals surface area contributed by atoms with E-state index >= 15 is 0 Å². The number of nitrogens with zero attached hydrogens (tertiary/aromatic N) is 1. The highest BCUT2D eigenvalue weighted by Gasteiger charge is 2.27. The van der Waals surface area contributed by atoms with E-state index in [9.17, 15) is 16.8 Å². The third-order valence-corrected chi connectivity index (χ3v) is 6.32. The minimum absolute atomic E-state index is 0. The maximum Gasteiger partial charge on any atom is 0.210 e. The molecule has 0 aromatic carbocycles. The molecule has 0 saturated carbocycles. The van der Waals surface area contributed by atoms with Crippen molar-refractivity contribution >= 4 is 32.5 Å². The zero-order chi connectivity index (χ0) is 19.1. The molecule has 2 atom stereocenters. The van der Waals surface area contributed by atoms with E-state index in [2.05, 4.69) is 24.1 Å². The second-order valence-electron chi connectivity index (χ2n) is 7.29. The van der Waals surface area contributed by atoms with Crippen LogP contribution in [0.1, 0.15) is 52.4 Å². The summed E-state index contributed by atoms with van der Waals surface area (Å²) in [6.45, 7) is 6.11. The summed E-state index contributed by atoms with van der Waals surface area (Å²) in [6.07, 6.45) is 6.40. The van der Waals surface area contributed by atoms with E-state index < -0.39 is 20.0 Å². The van der Waals surface area contributed by atoms with E-state index in [1.807, 2.05) is 0 Å². The smallest absolute Gasteiger partial charge is 0.210 e. The molecule has 2 rings (SSSR count). The zero-order valence-corrected chi connectivity index (χ0v) is 18.2. The fourth-order valence-corrected chi connectivity index (χ4v) is 5.24. The van der Waals surface area contributed by atoms with Crippen LogP contribution in [0.2, 0.25) is 0 Å². The molecule has 2 fully saturated rings. The summed E-state index contributed by atoms with van der Waals surface area (Å²) in [5.74, 6) is 0.179. The molecule has 26 heavy (non-hydrogen) atoms. The Balaban J connectivity index is 0.000000475. The van der Waals surface area contributed by atoms with Crippen LogP contribution in [0.4, 0.5) is 0 Å². The van der Waals surface area contributed by atoms with Gasteiger partial charge in [-0.1, -0.05) is 12.8 Å². The first-order chi connectivity index (χ1) is 11.5. The maximum atomic E-state index is 11.0. The number of primary sulfonamides is 2. The Labute approximate surface area is 165 Å². The molecule has 11 heteroatoms. The number of likely N-dealkylation sites (tertiary alicyclic amines) is 1. The summed E-state index contributed by atoms with van der Waals surface area (Å²) >= 11 is 0. The number of rotatable bonds is 5. The maximum absolute atomic E-state index is 11.0. The highest BCUT2D eigenvalue weighted by atomic mass is 35.5. The lowest BCUT2D eigenvalue weighted by Gasteiger charge is -2.38. The molecule has 8 nitrogen and oxygen atoms in total. The van der Waals surface area contributed by atoms with Crippen molar-refractivity contribution in [2.45, 2.75) is 70.5 Å². The van der Waals surface area contributed by atoms with Crippen LogP contribution in [0.3, 0.4) is 0 Å². The Morgan fingerprint density at radius 3 is 2.00 bits per heavy atom. The molecule has 0 aliphatic carbocycles. The highest BCUT2D eigenvalue weighted by Crippen LogP contribution is 2.20. The minimum atomic E-state index is -3.33. The Hall–Kier alpha value is 0.0300. The van der Waals surface area contributed by atoms with Gasteiger partial charge in [-0.05, 0) is 52.6 Å². The molecule has 0 aromatic rings. The number of hydrogen-bond acceptors (Lipinski definition) is 6. The third kappa shape index (κ3) is 11.7. The summed E-state index contributed by atoms with van der Waals surface area (Å²) in [7, 11) is -6.62. The fourth-order valence-electron chi connectivity index (χ4n) is 3.50. The van der Waals surface area contributed by atoms with Gasteiger partial charge in [0.1, 0.15) is 0 Å². The van der Waals surface area contributed by atoms with Crippen molar-refractivity contribution in [2.75, 3.05) is 24.6 Å². The molecule has 2 aliphatic rings. The number of nitrogens with two attached hydrogens (primary N) is 2. The summed E-state index contributed by atoms with van der Waals surface area (Å²) in [4.78, 5) is 2.24. The van der Waals surface area contributed by atoms with Gasteiger partial charge in [-0.15, -0.1) is 12.4 Å². The van der Waals surface area contributed by atoms with Crippen molar-refractivity contribution in [1.29, 1.82) is 0 Å². The van der Waals surface area contributed by atoms with Crippen LogP contribution in [0.25, 0.3) is 0 Å². The van der Waals surface area contributed by atoms with Gasteiger partial charge in [0.25, 0.3) is 0 Å². The van der Waals surface area contributed by atoms with Gasteiger partial charge in [0, 0.05) is 18.1 Å². The molecule has 158 valence electrons. The van der Waals surface area contributed by atoms with Crippen LogP contribution < -0.4 is 15.6 Å². The molecule has 0 amide bonds. The summed E-state index contributed by atoms with van der Waals surface area (Å²) < 4.78 is 43.3. The quantitative estimate of drug-likeness (QED) is 0.572. The lowest BCUT2D eigenvalue weighted by Crippen LogP contribution is -2.48.